The van der Waals surface area contributed by atoms with Crippen molar-refractivity contribution in [1.82, 2.24) is 5.32 Å². The van der Waals surface area contributed by atoms with Crippen LogP contribution in [-0.4, -0.2) is 25.3 Å². The molecule has 1 aliphatic rings. The highest BCUT2D eigenvalue weighted by Gasteiger charge is 2.25. The topological polar surface area (TPSA) is 21.3 Å². The van der Waals surface area contributed by atoms with Gasteiger partial charge in [-0.3, -0.25) is 0 Å². The molecule has 0 aromatic carbocycles. The molecule has 2 nitrogen and oxygen atoms in total. The zero-order valence-corrected chi connectivity index (χ0v) is 16.2. The fraction of sp³-hybridized carbons (Fsp3) is 1.00. The number of methoxy groups -OCH3 is 1. The summed E-state index contributed by atoms with van der Waals surface area (Å²) in [5.74, 6) is 0. The van der Waals surface area contributed by atoms with E-state index >= 15 is 0 Å². The Kier molecular flexibility index (Phi) is 13.0. The van der Waals surface area contributed by atoms with Gasteiger partial charge in [-0.25, -0.2) is 0 Å². The van der Waals surface area contributed by atoms with Gasteiger partial charge in [0.1, 0.15) is 0 Å². The average molecular weight is 326 g/mol. The van der Waals surface area contributed by atoms with E-state index in [-0.39, 0.29) is 0 Å². The number of ether oxygens (including phenoxy) is 1. The highest BCUT2D eigenvalue weighted by atomic mass is 16.5. The minimum atomic E-state index is 0.502. The van der Waals surface area contributed by atoms with Crippen LogP contribution >= 0.6 is 0 Å². The van der Waals surface area contributed by atoms with Gasteiger partial charge >= 0.3 is 0 Å². The van der Waals surface area contributed by atoms with Crippen molar-refractivity contribution in [1.29, 1.82) is 0 Å². The summed E-state index contributed by atoms with van der Waals surface area (Å²) in [6.45, 7) is 4.60. The second-order valence-corrected chi connectivity index (χ2v) is 7.64. The zero-order chi connectivity index (χ0) is 16.8. The highest BCUT2D eigenvalue weighted by molar-refractivity contribution is 4.84. The second-order valence-electron chi connectivity index (χ2n) is 7.64. The first-order chi connectivity index (χ1) is 11.3. The summed E-state index contributed by atoms with van der Waals surface area (Å²) in [6, 6.07) is 1.45. The second kappa shape index (κ2) is 14.3. The lowest BCUT2D eigenvalue weighted by Crippen LogP contribution is -2.37. The summed E-state index contributed by atoms with van der Waals surface area (Å²) in [5, 5.41) is 3.98. The lowest BCUT2D eigenvalue weighted by Gasteiger charge is -2.23. The first-order valence-corrected chi connectivity index (χ1v) is 10.6. The third-order valence-corrected chi connectivity index (χ3v) is 5.50. The van der Waals surface area contributed by atoms with Crippen LogP contribution in [0.3, 0.4) is 0 Å². The van der Waals surface area contributed by atoms with Crippen molar-refractivity contribution in [3.8, 4) is 0 Å². The Morgan fingerprint density at radius 3 is 1.87 bits per heavy atom. The zero-order valence-electron chi connectivity index (χ0n) is 16.2. The van der Waals surface area contributed by atoms with E-state index < -0.39 is 0 Å². The molecule has 23 heavy (non-hydrogen) atoms. The molecule has 1 rings (SSSR count). The summed E-state index contributed by atoms with van der Waals surface area (Å²) in [5.41, 5.74) is 0. The lowest BCUT2D eigenvalue weighted by molar-refractivity contribution is 0.106. The minimum absolute atomic E-state index is 0.502. The molecule has 0 aliphatic heterocycles. The SMILES string of the molecule is CCCCCCCC(CCCCCCC)N[C@@H]1CC[C@H](OC)C1. The number of hydrogen-bond donors (Lipinski definition) is 1. The largest absolute Gasteiger partial charge is 0.381 e. The number of nitrogens with one attached hydrogen (secondary N) is 1. The number of unbranched alkanes of at least 4 members (excludes halogenated alkanes) is 8. The fourth-order valence-corrected chi connectivity index (χ4v) is 3.94. The molecule has 138 valence electrons. The maximum Gasteiger partial charge on any atom is 0.0586 e. The van der Waals surface area contributed by atoms with Gasteiger partial charge in [0.2, 0.25) is 0 Å². The van der Waals surface area contributed by atoms with Gasteiger partial charge < -0.3 is 10.1 Å². The molecule has 0 bridgehead atoms. The van der Waals surface area contributed by atoms with Gasteiger partial charge in [0.05, 0.1) is 6.10 Å². The van der Waals surface area contributed by atoms with Crippen LogP contribution in [0, 0.1) is 0 Å². The molecule has 0 spiro atoms. The van der Waals surface area contributed by atoms with Crippen molar-refractivity contribution in [3.63, 3.8) is 0 Å². The molecule has 0 radical (unpaired) electrons. The quantitative estimate of drug-likeness (QED) is 0.360. The van der Waals surface area contributed by atoms with Gasteiger partial charge in [-0.2, -0.15) is 0 Å². The first kappa shape index (κ1) is 21.0. The van der Waals surface area contributed by atoms with Crippen LogP contribution in [0.4, 0.5) is 0 Å². The average Bonchev–Trinajstić information content (AvgIpc) is 3.01. The Bertz CT molecular complexity index is 242. The summed E-state index contributed by atoms with van der Waals surface area (Å²) < 4.78 is 5.53. The third kappa shape index (κ3) is 10.4. The standard InChI is InChI=1S/C21H43NO/c1-4-6-8-10-12-14-19(15-13-11-9-7-5-2)22-20-16-17-21(18-20)23-3/h19-22H,4-18H2,1-3H3/t20-,21+/m1/s1. The van der Waals surface area contributed by atoms with Crippen molar-refractivity contribution >= 4 is 0 Å². The summed E-state index contributed by atoms with van der Waals surface area (Å²) >= 11 is 0. The van der Waals surface area contributed by atoms with E-state index in [2.05, 4.69) is 19.2 Å². The Morgan fingerprint density at radius 1 is 0.826 bits per heavy atom. The molecule has 0 aromatic heterocycles. The molecule has 0 amide bonds. The predicted molar refractivity (Wildman–Crippen MR) is 102 cm³/mol. The van der Waals surface area contributed by atoms with Crippen LogP contribution in [-0.2, 0) is 4.74 Å². The highest BCUT2D eigenvalue weighted by Crippen LogP contribution is 2.23. The molecule has 0 unspecified atom stereocenters. The Balaban J connectivity index is 2.23. The van der Waals surface area contributed by atoms with Gasteiger partial charge in [-0.05, 0) is 32.1 Å². The molecular formula is C21H43NO. The van der Waals surface area contributed by atoms with Crippen LogP contribution in [0.25, 0.3) is 0 Å². The third-order valence-electron chi connectivity index (χ3n) is 5.50. The fourth-order valence-electron chi connectivity index (χ4n) is 3.94. The summed E-state index contributed by atoms with van der Waals surface area (Å²) in [4.78, 5) is 0. The van der Waals surface area contributed by atoms with Crippen molar-refractivity contribution in [3.05, 3.63) is 0 Å². The van der Waals surface area contributed by atoms with Gasteiger partial charge in [-0.1, -0.05) is 78.1 Å². The smallest absolute Gasteiger partial charge is 0.0586 e. The molecule has 0 saturated heterocycles. The van der Waals surface area contributed by atoms with Crippen LogP contribution in [0.5, 0.6) is 0 Å². The Hall–Kier alpha value is -0.0800. The molecule has 1 aliphatic carbocycles. The number of rotatable bonds is 15. The van der Waals surface area contributed by atoms with E-state index in [9.17, 15) is 0 Å². The maximum absolute atomic E-state index is 5.53. The summed E-state index contributed by atoms with van der Waals surface area (Å²) in [7, 11) is 1.87. The molecule has 2 heteroatoms. The first-order valence-electron chi connectivity index (χ1n) is 10.6. The van der Waals surface area contributed by atoms with Gasteiger partial charge in [0.15, 0.2) is 0 Å². The monoisotopic (exact) mass is 325 g/mol. The van der Waals surface area contributed by atoms with Crippen molar-refractivity contribution in [2.24, 2.45) is 0 Å². The summed E-state index contributed by atoms with van der Waals surface area (Å²) in [6.07, 6.45) is 21.1. The Morgan fingerprint density at radius 2 is 1.39 bits per heavy atom. The van der Waals surface area contributed by atoms with Crippen molar-refractivity contribution < 1.29 is 4.74 Å². The van der Waals surface area contributed by atoms with Gasteiger partial charge in [-0.15, -0.1) is 0 Å². The molecule has 1 saturated carbocycles. The maximum atomic E-state index is 5.53. The van der Waals surface area contributed by atoms with E-state index in [0.29, 0.717) is 12.1 Å². The molecule has 2 atom stereocenters. The van der Waals surface area contributed by atoms with E-state index in [1.807, 2.05) is 7.11 Å². The van der Waals surface area contributed by atoms with Crippen LogP contribution in [0.2, 0.25) is 0 Å². The van der Waals surface area contributed by atoms with E-state index in [4.69, 9.17) is 4.74 Å². The molecular weight excluding hydrogens is 282 g/mol. The van der Waals surface area contributed by atoms with Crippen molar-refractivity contribution in [2.45, 2.75) is 128 Å². The van der Waals surface area contributed by atoms with Crippen molar-refractivity contribution in [2.75, 3.05) is 7.11 Å². The van der Waals surface area contributed by atoms with E-state index in [0.717, 1.165) is 6.04 Å². The number of hydrogen-bond acceptors (Lipinski definition) is 2. The van der Waals surface area contributed by atoms with Crippen LogP contribution in [0.1, 0.15) is 110 Å². The van der Waals surface area contributed by atoms with Gasteiger partial charge in [0.25, 0.3) is 0 Å². The molecule has 1 fully saturated rings. The molecule has 0 aromatic rings. The molecule has 1 N–H and O–H groups in total. The van der Waals surface area contributed by atoms with Crippen LogP contribution in [0.15, 0.2) is 0 Å². The predicted octanol–water partition coefficient (Wildman–Crippen LogP) is 6.23. The van der Waals surface area contributed by atoms with Gasteiger partial charge in [0, 0.05) is 19.2 Å². The normalized spacial score (nSPS) is 21.4. The minimum Gasteiger partial charge on any atom is -0.381 e. The van der Waals surface area contributed by atoms with E-state index in [1.54, 1.807) is 0 Å². The van der Waals surface area contributed by atoms with Crippen LogP contribution < -0.4 is 5.32 Å². The Labute approximate surface area is 146 Å². The van der Waals surface area contributed by atoms with E-state index in [1.165, 1.54) is 96.3 Å². The lowest BCUT2D eigenvalue weighted by atomic mass is 9.99. The molecule has 0 heterocycles.